The van der Waals surface area contributed by atoms with Crippen LogP contribution in [0.15, 0.2) is 16.8 Å². The smallest absolute Gasteiger partial charge is 0.0571 e. The van der Waals surface area contributed by atoms with Crippen molar-refractivity contribution in [3.8, 4) is 0 Å². The standard InChI is InChI=1S/C14H22OS/c15-14(8-7-12-9-10-16-11-12)13-5-3-1-2-4-6-13/h9-11,13-15H,1-8H2. The third-order valence-corrected chi connectivity index (χ3v) is 4.48. The molecule has 2 rings (SSSR count). The highest BCUT2D eigenvalue weighted by Gasteiger charge is 2.20. The fourth-order valence-corrected chi connectivity index (χ4v) is 3.38. The van der Waals surface area contributed by atoms with Gasteiger partial charge in [-0.3, -0.25) is 0 Å². The lowest BCUT2D eigenvalue weighted by molar-refractivity contribution is 0.0904. The van der Waals surface area contributed by atoms with Gasteiger partial charge in [0.2, 0.25) is 0 Å². The molecule has 1 N–H and O–H groups in total. The van der Waals surface area contributed by atoms with Crippen LogP contribution in [0, 0.1) is 5.92 Å². The lowest BCUT2D eigenvalue weighted by Gasteiger charge is -2.20. The third kappa shape index (κ3) is 3.60. The Labute approximate surface area is 103 Å². The van der Waals surface area contributed by atoms with Gasteiger partial charge in [-0.15, -0.1) is 0 Å². The zero-order valence-electron chi connectivity index (χ0n) is 9.90. The van der Waals surface area contributed by atoms with E-state index in [2.05, 4.69) is 16.8 Å². The minimum Gasteiger partial charge on any atom is -0.393 e. The first-order valence-corrected chi connectivity index (χ1v) is 7.49. The molecule has 2 heteroatoms. The van der Waals surface area contributed by atoms with Crippen molar-refractivity contribution in [3.05, 3.63) is 22.4 Å². The molecule has 1 aromatic rings. The van der Waals surface area contributed by atoms with Gasteiger partial charge in [0.1, 0.15) is 0 Å². The molecule has 0 spiro atoms. The molecular weight excluding hydrogens is 216 g/mol. The minimum atomic E-state index is -0.0713. The summed E-state index contributed by atoms with van der Waals surface area (Å²) in [6, 6.07) is 2.17. The first kappa shape index (κ1) is 12.1. The van der Waals surface area contributed by atoms with Gasteiger partial charge < -0.3 is 5.11 Å². The summed E-state index contributed by atoms with van der Waals surface area (Å²) < 4.78 is 0. The molecule has 0 radical (unpaired) electrons. The van der Waals surface area contributed by atoms with E-state index < -0.39 is 0 Å². The Morgan fingerprint density at radius 2 is 2.00 bits per heavy atom. The summed E-state index contributed by atoms with van der Waals surface area (Å²) in [5.41, 5.74) is 1.39. The first-order valence-electron chi connectivity index (χ1n) is 6.55. The largest absolute Gasteiger partial charge is 0.393 e. The normalized spacial score (nSPS) is 20.6. The highest BCUT2D eigenvalue weighted by molar-refractivity contribution is 7.07. The Kier molecular flexibility index (Phi) is 4.86. The minimum absolute atomic E-state index is 0.0713. The summed E-state index contributed by atoms with van der Waals surface area (Å²) in [6.07, 6.45) is 9.78. The van der Waals surface area contributed by atoms with Crippen LogP contribution in [0.4, 0.5) is 0 Å². The Bertz CT molecular complexity index is 273. The molecule has 0 saturated heterocycles. The molecule has 0 aliphatic heterocycles. The number of aliphatic hydroxyl groups is 1. The van der Waals surface area contributed by atoms with Crippen LogP contribution < -0.4 is 0 Å². The molecule has 1 fully saturated rings. The molecule has 1 saturated carbocycles. The summed E-state index contributed by atoms with van der Waals surface area (Å²) in [4.78, 5) is 0. The Balaban J connectivity index is 1.75. The fraction of sp³-hybridized carbons (Fsp3) is 0.714. The van der Waals surface area contributed by atoms with Crippen LogP contribution in [0.2, 0.25) is 0 Å². The number of thiophene rings is 1. The van der Waals surface area contributed by atoms with Crippen LogP contribution in [-0.4, -0.2) is 11.2 Å². The average Bonchev–Trinajstić information content (AvgIpc) is 2.66. The molecule has 1 aliphatic carbocycles. The number of aryl methyl sites for hydroxylation is 1. The maximum atomic E-state index is 10.2. The van der Waals surface area contributed by atoms with E-state index in [1.165, 1.54) is 44.1 Å². The van der Waals surface area contributed by atoms with Gasteiger partial charge in [0.05, 0.1) is 6.10 Å². The van der Waals surface area contributed by atoms with Crippen LogP contribution in [0.25, 0.3) is 0 Å². The second-order valence-electron chi connectivity index (χ2n) is 4.99. The number of rotatable bonds is 4. The first-order chi connectivity index (χ1) is 7.86. The van der Waals surface area contributed by atoms with Gasteiger partial charge in [-0.1, -0.05) is 25.7 Å². The predicted octanol–water partition coefficient (Wildman–Crippen LogP) is 4.01. The third-order valence-electron chi connectivity index (χ3n) is 3.75. The van der Waals surface area contributed by atoms with E-state index >= 15 is 0 Å². The second kappa shape index (κ2) is 6.41. The van der Waals surface area contributed by atoms with Crippen LogP contribution >= 0.6 is 11.3 Å². The highest BCUT2D eigenvalue weighted by Crippen LogP contribution is 2.27. The maximum absolute atomic E-state index is 10.2. The van der Waals surface area contributed by atoms with Crippen molar-refractivity contribution in [2.24, 2.45) is 5.92 Å². The molecule has 16 heavy (non-hydrogen) atoms. The Hall–Kier alpha value is -0.340. The monoisotopic (exact) mass is 238 g/mol. The predicted molar refractivity (Wildman–Crippen MR) is 69.8 cm³/mol. The van der Waals surface area contributed by atoms with Crippen molar-refractivity contribution in [1.82, 2.24) is 0 Å². The summed E-state index contributed by atoms with van der Waals surface area (Å²) in [6.45, 7) is 0. The van der Waals surface area contributed by atoms with Gasteiger partial charge in [-0.25, -0.2) is 0 Å². The molecule has 1 nitrogen and oxygen atoms in total. The number of aliphatic hydroxyl groups excluding tert-OH is 1. The van der Waals surface area contributed by atoms with E-state index in [9.17, 15) is 5.11 Å². The second-order valence-corrected chi connectivity index (χ2v) is 5.77. The van der Waals surface area contributed by atoms with Crippen molar-refractivity contribution in [2.75, 3.05) is 0 Å². The van der Waals surface area contributed by atoms with Crippen molar-refractivity contribution in [2.45, 2.75) is 57.5 Å². The molecule has 0 bridgehead atoms. The summed E-state index contributed by atoms with van der Waals surface area (Å²) in [5.74, 6) is 0.570. The maximum Gasteiger partial charge on any atom is 0.0571 e. The van der Waals surface area contributed by atoms with Crippen molar-refractivity contribution in [3.63, 3.8) is 0 Å². The van der Waals surface area contributed by atoms with E-state index in [4.69, 9.17) is 0 Å². The number of hydrogen-bond donors (Lipinski definition) is 1. The molecule has 1 aliphatic rings. The SMILES string of the molecule is OC(CCc1ccsc1)C1CCCCCC1. The summed E-state index contributed by atoms with van der Waals surface area (Å²) >= 11 is 1.75. The fourth-order valence-electron chi connectivity index (χ4n) is 2.68. The summed E-state index contributed by atoms with van der Waals surface area (Å²) in [5, 5.41) is 14.5. The van der Waals surface area contributed by atoms with Crippen molar-refractivity contribution >= 4 is 11.3 Å². The van der Waals surface area contributed by atoms with Crippen LogP contribution in [0.3, 0.4) is 0 Å². The van der Waals surface area contributed by atoms with Gasteiger partial charge in [-0.05, 0) is 54.0 Å². The van der Waals surface area contributed by atoms with Gasteiger partial charge in [-0.2, -0.15) is 11.3 Å². The van der Waals surface area contributed by atoms with Crippen molar-refractivity contribution in [1.29, 1.82) is 0 Å². The van der Waals surface area contributed by atoms with Crippen LogP contribution in [0.1, 0.15) is 50.5 Å². The van der Waals surface area contributed by atoms with Crippen LogP contribution in [-0.2, 0) is 6.42 Å². The molecular formula is C14H22OS. The van der Waals surface area contributed by atoms with Crippen LogP contribution in [0.5, 0.6) is 0 Å². The lowest BCUT2D eigenvalue weighted by atomic mass is 9.90. The lowest BCUT2D eigenvalue weighted by Crippen LogP contribution is -2.20. The van der Waals surface area contributed by atoms with E-state index in [0.717, 1.165) is 12.8 Å². The quantitative estimate of drug-likeness (QED) is 0.786. The van der Waals surface area contributed by atoms with E-state index in [0.29, 0.717) is 5.92 Å². The van der Waals surface area contributed by atoms with E-state index in [1.807, 2.05) is 0 Å². The molecule has 0 aromatic carbocycles. The highest BCUT2D eigenvalue weighted by atomic mass is 32.1. The van der Waals surface area contributed by atoms with Gasteiger partial charge in [0.15, 0.2) is 0 Å². The van der Waals surface area contributed by atoms with Gasteiger partial charge >= 0.3 is 0 Å². The molecule has 1 unspecified atom stereocenters. The molecule has 90 valence electrons. The topological polar surface area (TPSA) is 20.2 Å². The molecule has 1 heterocycles. The van der Waals surface area contributed by atoms with Gasteiger partial charge in [0.25, 0.3) is 0 Å². The van der Waals surface area contributed by atoms with E-state index in [-0.39, 0.29) is 6.10 Å². The average molecular weight is 238 g/mol. The van der Waals surface area contributed by atoms with Gasteiger partial charge in [0, 0.05) is 0 Å². The zero-order valence-corrected chi connectivity index (χ0v) is 10.7. The molecule has 0 amide bonds. The molecule has 1 atom stereocenters. The zero-order chi connectivity index (χ0) is 11.2. The summed E-state index contributed by atoms with van der Waals surface area (Å²) in [7, 11) is 0. The van der Waals surface area contributed by atoms with E-state index in [1.54, 1.807) is 11.3 Å². The molecule has 1 aromatic heterocycles. The number of hydrogen-bond acceptors (Lipinski definition) is 2. The Morgan fingerprint density at radius 1 is 1.25 bits per heavy atom. The van der Waals surface area contributed by atoms with Crippen molar-refractivity contribution < 1.29 is 5.11 Å². The Morgan fingerprint density at radius 3 is 2.62 bits per heavy atom.